The average Bonchev–Trinajstić information content (AvgIpc) is 2.73. The van der Waals surface area contributed by atoms with Gasteiger partial charge < -0.3 is 4.90 Å². The van der Waals surface area contributed by atoms with Crippen LogP contribution >= 0.6 is 0 Å². The van der Waals surface area contributed by atoms with E-state index in [1.807, 2.05) is 38.1 Å². The SMILES string of the molecule is CCCCC1NC(c2cccc(C)c2)N(CC(F)F)C1=O. The van der Waals surface area contributed by atoms with Gasteiger partial charge >= 0.3 is 0 Å². The monoisotopic (exact) mass is 296 g/mol. The first-order valence-electron chi connectivity index (χ1n) is 7.44. The smallest absolute Gasteiger partial charge is 0.255 e. The number of alkyl halides is 2. The molecule has 0 aliphatic carbocycles. The van der Waals surface area contributed by atoms with Crippen LogP contribution in [0.15, 0.2) is 24.3 Å². The maximum absolute atomic E-state index is 12.8. The summed E-state index contributed by atoms with van der Waals surface area (Å²) in [5.74, 6) is -0.213. The second-order valence-electron chi connectivity index (χ2n) is 5.56. The number of carbonyl (C=O) groups excluding carboxylic acids is 1. The summed E-state index contributed by atoms with van der Waals surface area (Å²) in [7, 11) is 0. The number of hydrogen-bond donors (Lipinski definition) is 1. The summed E-state index contributed by atoms with van der Waals surface area (Å²) >= 11 is 0. The van der Waals surface area contributed by atoms with E-state index in [0.29, 0.717) is 6.42 Å². The van der Waals surface area contributed by atoms with Crippen molar-refractivity contribution in [3.63, 3.8) is 0 Å². The fourth-order valence-corrected chi connectivity index (χ4v) is 2.75. The van der Waals surface area contributed by atoms with Gasteiger partial charge in [0, 0.05) is 0 Å². The molecule has 3 nitrogen and oxygen atoms in total. The highest BCUT2D eigenvalue weighted by Crippen LogP contribution is 2.28. The molecule has 116 valence electrons. The number of amides is 1. The van der Waals surface area contributed by atoms with Crippen LogP contribution in [-0.4, -0.2) is 29.8 Å². The Balaban J connectivity index is 2.22. The molecule has 21 heavy (non-hydrogen) atoms. The van der Waals surface area contributed by atoms with Crippen molar-refractivity contribution in [1.29, 1.82) is 0 Å². The van der Waals surface area contributed by atoms with E-state index >= 15 is 0 Å². The van der Waals surface area contributed by atoms with E-state index in [1.54, 1.807) is 0 Å². The maximum Gasteiger partial charge on any atom is 0.255 e. The van der Waals surface area contributed by atoms with E-state index in [4.69, 9.17) is 0 Å². The molecule has 1 N–H and O–H groups in total. The first kappa shape index (κ1) is 15.9. The number of hydrogen-bond acceptors (Lipinski definition) is 2. The predicted molar refractivity (Wildman–Crippen MR) is 78.1 cm³/mol. The molecule has 2 rings (SSSR count). The van der Waals surface area contributed by atoms with Gasteiger partial charge in [-0.2, -0.15) is 0 Å². The van der Waals surface area contributed by atoms with Crippen LogP contribution < -0.4 is 5.32 Å². The number of rotatable bonds is 6. The normalized spacial score (nSPS) is 22.3. The summed E-state index contributed by atoms with van der Waals surface area (Å²) < 4.78 is 25.6. The first-order valence-corrected chi connectivity index (χ1v) is 7.44. The fraction of sp³-hybridized carbons (Fsp3) is 0.562. The minimum absolute atomic E-state index is 0.213. The lowest BCUT2D eigenvalue weighted by Crippen LogP contribution is -2.35. The van der Waals surface area contributed by atoms with Gasteiger partial charge in [0.1, 0.15) is 6.17 Å². The van der Waals surface area contributed by atoms with Crippen LogP contribution in [0.1, 0.15) is 43.5 Å². The largest absolute Gasteiger partial charge is 0.316 e. The zero-order valence-electron chi connectivity index (χ0n) is 12.5. The highest BCUT2D eigenvalue weighted by Gasteiger charge is 2.40. The van der Waals surface area contributed by atoms with Crippen LogP contribution in [-0.2, 0) is 4.79 Å². The standard InChI is InChI=1S/C16H22F2N2O/c1-3-4-8-13-16(21)20(10-14(17)18)15(19-13)12-7-5-6-11(2)9-12/h5-7,9,13-15,19H,3-4,8,10H2,1-2H3. The Hall–Kier alpha value is -1.49. The summed E-state index contributed by atoms with van der Waals surface area (Å²) in [6, 6.07) is 7.29. The Morgan fingerprint density at radius 3 is 2.76 bits per heavy atom. The van der Waals surface area contributed by atoms with Crippen LogP contribution in [0.2, 0.25) is 0 Å². The van der Waals surface area contributed by atoms with Crippen LogP contribution in [0.3, 0.4) is 0 Å². The second kappa shape index (κ2) is 6.98. The number of carbonyl (C=O) groups is 1. The molecule has 1 aromatic carbocycles. The second-order valence-corrected chi connectivity index (χ2v) is 5.56. The Morgan fingerprint density at radius 2 is 2.14 bits per heavy atom. The van der Waals surface area contributed by atoms with Gasteiger partial charge in [-0.1, -0.05) is 49.6 Å². The van der Waals surface area contributed by atoms with Gasteiger partial charge in [-0.15, -0.1) is 0 Å². The van der Waals surface area contributed by atoms with E-state index in [2.05, 4.69) is 5.32 Å². The lowest BCUT2D eigenvalue weighted by Gasteiger charge is -2.24. The minimum atomic E-state index is -2.52. The van der Waals surface area contributed by atoms with Crippen LogP contribution in [0, 0.1) is 6.92 Å². The molecule has 1 aliphatic rings. The summed E-state index contributed by atoms with van der Waals surface area (Å²) in [6.45, 7) is 3.48. The van der Waals surface area contributed by atoms with E-state index in [-0.39, 0.29) is 11.9 Å². The zero-order valence-corrected chi connectivity index (χ0v) is 12.5. The van der Waals surface area contributed by atoms with Crippen molar-refractivity contribution in [3.05, 3.63) is 35.4 Å². The number of halogens is 2. The number of nitrogens with zero attached hydrogens (tertiary/aromatic N) is 1. The number of benzene rings is 1. The average molecular weight is 296 g/mol. The summed E-state index contributed by atoms with van der Waals surface area (Å²) in [5, 5.41) is 3.22. The number of nitrogens with one attached hydrogen (secondary N) is 1. The molecule has 0 spiro atoms. The quantitative estimate of drug-likeness (QED) is 0.874. The van der Waals surface area contributed by atoms with Crippen molar-refractivity contribution >= 4 is 5.91 Å². The van der Waals surface area contributed by atoms with Crippen molar-refractivity contribution in [2.24, 2.45) is 0 Å². The third-order valence-electron chi connectivity index (χ3n) is 3.79. The van der Waals surface area contributed by atoms with E-state index in [9.17, 15) is 13.6 Å². The van der Waals surface area contributed by atoms with Crippen LogP contribution in [0.4, 0.5) is 8.78 Å². The highest BCUT2D eigenvalue weighted by molar-refractivity contribution is 5.84. The van der Waals surface area contributed by atoms with Crippen molar-refractivity contribution in [2.45, 2.75) is 51.7 Å². The molecule has 0 radical (unpaired) electrons. The third-order valence-corrected chi connectivity index (χ3v) is 3.79. The van der Waals surface area contributed by atoms with Crippen molar-refractivity contribution < 1.29 is 13.6 Å². The number of unbranched alkanes of at least 4 members (excludes halogenated alkanes) is 1. The molecule has 1 fully saturated rings. The van der Waals surface area contributed by atoms with Gasteiger partial charge in [-0.05, 0) is 18.9 Å². The molecule has 2 unspecified atom stereocenters. The fourth-order valence-electron chi connectivity index (χ4n) is 2.75. The molecule has 1 saturated heterocycles. The Bertz CT molecular complexity index is 493. The van der Waals surface area contributed by atoms with E-state index < -0.39 is 19.1 Å². The molecular formula is C16H22F2N2O. The predicted octanol–water partition coefficient (Wildman–Crippen LogP) is 3.25. The molecule has 1 aliphatic heterocycles. The Labute approximate surface area is 124 Å². The molecule has 5 heteroatoms. The minimum Gasteiger partial charge on any atom is -0.316 e. The molecule has 0 aromatic heterocycles. The zero-order chi connectivity index (χ0) is 15.4. The Kier molecular flexibility index (Phi) is 5.28. The van der Waals surface area contributed by atoms with Gasteiger partial charge in [-0.3, -0.25) is 10.1 Å². The topological polar surface area (TPSA) is 32.3 Å². The maximum atomic E-state index is 12.8. The van der Waals surface area contributed by atoms with Gasteiger partial charge in [0.2, 0.25) is 5.91 Å². The van der Waals surface area contributed by atoms with E-state index in [1.165, 1.54) is 4.90 Å². The molecule has 0 bridgehead atoms. The first-order chi connectivity index (χ1) is 10.0. The lowest BCUT2D eigenvalue weighted by molar-refractivity contribution is -0.132. The third kappa shape index (κ3) is 3.79. The Morgan fingerprint density at radius 1 is 1.38 bits per heavy atom. The van der Waals surface area contributed by atoms with Gasteiger partial charge in [-0.25, -0.2) is 8.78 Å². The van der Waals surface area contributed by atoms with E-state index in [0.717, 1.165) is 24.0 Å². The lowest BCUT2D eigenvalue weighted by atomic mass is 10.1. The summed E-state index contributed by atoms with van der Waals surface area (Å²) in [4.78, 5) is 13.6. The molecule has 2 atom stereocenters. The van der Waals surface area contributed by atoms with Crippen LogP contribution in [0.5, 0.6) is 0 Å². The van der Waals surface area contributed by atoms with Crippen molar-refractivity contribution in [1.82, 2.24) is 10.2 Å². The summed E-state index contributed by atoms with van der Waals surface area (Å²) in [6.07, 6.45) is -0.388. The van der Waals surface area contributed by atoms with Gasteiger partial charge in [0.05, 0.1) is 12.6 Å². The molecule has 1 aromatic rings. The summed E-state index contributed by atoms with van der Waals surface area (Å²) in [5.41, 5.74) is 1.92. The van der Waals surface area contributed by atoms with Crippen LogP contribution in [0.25, 0.3) is 0 Å². The number of aryl methyl sites for hydroxylation is 1. The highest BCUT2D eigenvalue weighted by atomic mass is 19.3. The van der Waals surface area contributed by atoms with Crippen molar-refractivity contribution in [2.75, 3.05) is 6.54 Å². The molecule has 1 amide bonds. The molecule has 0 saturated carbocycles. The van der Waals surface area contributed by atoms with Gasteiger partial charge in [0.15, 0.2) is 0 Å². The van der Waals surface area contributed by atoms with Crippen molar-refractivity contribution in [3.8, 4) is 0 Å². The molecule has 1 heterocycles. The molecular weight excluding hydrogens is 274 g/mol. The van der Waals surface area contributed by atoms with Gasteiger partial charge in [0.25, 0.3) is 6.43 Å².